The van der Waals surface area contributed by atoms with Crippen molar-refractivity contribution in [2.75, 3.05) is 30.0 Å². The molecule has 3 heterocycles. The number of carbonyl (C=O) groups is 1. The molecular weight excluding hydrogens is 362 g/mol. The van der Waals surface area contributed by atoms with Gasteiger partial charge in [-0.15, -0.1) is 0 Å². The quantitative estimate of drug-likeness (QED) is 0.807. The zero-order chi connectivity index (χ0) is 19.0. The fourth-order valence-electron chi connectivity index (χ4n) is 3.84. The molecule has 1 aromatic carbocycles. The highest BCUT2D eigenvalue weighted by Crippen LogP contribution is 2.24. The predicted molar refractivity (Wildman–Crippen MR) is 105 cm³/mol. The van der Waals surface area contributed by atoms with Crippen LogP contribution in [0.25, 0.3) is 0 Å². The summed E-state index contributed by atoms with van der Waals surface area (Å²) in [5.41, 5.74) is 4.06. The molecule has 0 bridgehead atoms. The summed E-state index contributed by atoms with van der Waals surface area (Å²) < 4.78 is 23.3. The molecule has 0 N–H and O–H groups in total. The van der Waals surface area contributed by atoms with Crippen molar-refractivity contribution in [1.82, 2.24) is 9.88 Å². The molecular formula is C20H23N3O3S. The summed E-state index contributed by atoms with van der Waals surface area (Å²) in [6.07, 6.45) is 3.23. The number of fused-ring (bicyclic) bond motifs is 1. The Balaban J connectivity index is 1.45. The lowest BCUT2D eigenvalue weighted by atomic mass is 10.00. The number of nitrogens with zero attached hydrogens (tertiary/aromatic N) is 3. The number of carbonyl (C=O) groups excluding carboxylic acids is 1. The van der Waals surface area contributed by atoms with E-state index in [1.807, 2.05) is 6.07 Å². The molecule has 0 spiro atoms. The number of sulfone groups is 1. The van der Waals surface area contributed by atoms with Gasteiger partial charge in [0.15, 0.2) is 9.84 Å². The molecule has 142 valence electrons. The van der Waals surface area contributed by atoms with Gasteiger partial charge in [0.05, 0.1) is 23.4 Å². The molecule has 27 heavy (non-hydrogen) atoms. The second kappa shape index (κ2) is 6.96. The molecule has 0 aliphatic carbocycles. The van der Waals surface area contributed by atoms with Crippen LogP contribution >= 0.6 is 0 Å². The molecule has 0 radical (unpaired) electrons. The molecule has 1 saturated heterocycles. The van der Waals surface area contributed by atoms with Crippen molar-refractivity contribution < 1.29 is 13.2 Å². The third-order valence-corrected chi connectivity index (χ3v) is 7.29. The number of pyridine rings is 1. The molecule has 1 unspecified atom stereocenters. The first kappa shape index (κ1) is 18.0. The van der Waals surface area contributed by atoms with Crippen molar-refractivity contribution in [3.05, 3.63) is 59.4 Å². The van der Waals surface area contributed by atoms with Crippen molar-refractivity contribution in [2.45, 2.75) is 25.4 Å². The first-order valence-corrected chi connectivity index (χ1v) is 11.0. The normalized spacial score (nSPS) is 20.9. The van der Waals surface area contributed by atoms with E-state index < -0.39 is 9.84 Å². The first-order valence-electron chi connectivity index (χ1n) is 9.18. The molecule has 0 saturated carbocycles. The fraction of sp³-hybridized carbons (Fsp3) is 0.400. The van der Waals surface area contributed by atoms with Crippen LogP contribution in [-0.2, 0) is 22.8 Å². The summed E-state index contributed by atoms with van der Waals surface area (Å²) >= 11 is 0. The summed E-state index contributed by atoms with van der Waals surface area (Å²) in [6.45, 7) is 1.76. The summed E-state index contributed by atoms with van der Waals surface area (Å²) in [5, 5.41) is 0. The second-order valence-corrected chi connectivity index (χ2v) is 9.54. The number of hydrogen-bond donors (Lipinski definition) is 0. The third kappa shape index (κ3) is 3.69. The Hall–Kier alpha value is -2.41. The van der Waals surface area contributed by atoms with Gasteiger partial charge in [-0.05, 0) is 36.1 Å². The first-order chi connectivity index (χ1) is 12.9. The van der Waals surface area contributed by atoms with Gasteiger partial charge in [0, 0.05) is 26.2 Å². The van der Waals surface area contributed by atoms with Gasteiger partial charge in [-0.3, -0.25) is 4.79 Å². The Labute approximate surface area is 159 Å². The maximum atomic E-state index is 12.6. The average Bonchev–Trinajstić information content (AvgIpc) is 3.06. The van der Waals surface area contributed by atoms with Gasteiger partial charge in [-0.1, -0.05) is 24.3 Å². The van der Waals surface area contributed by atoms with Crippen molar-refractivity contribution in [1.29, 1.82) is 0 Å². The smallest absolute Gasteiger partial charge is 0.272 e. The van der Waals surface area contributed by atoms with Crippen LogP contribution in [0, 0.1) is 0 Å². The number of rotatable bonds is 3. The zero-order valence-electron chi connectivity index (χ0n) is 15.3. The Morgan fingerprint density at radius 1 is 1.19 bits per heavy atom. The molecule has 1 fully saturated rings. The topological polar surface area (TPSA) is 70.6 Å². The van der Waals surface area contributed by atoms with Gasteiger partial charge in [-0.25, -0.2) is 13.4 Å². The highest BCUT2D eigenvalue weighted by molar-refractivity contribution is 7.91. The lowest BCUT2D eigenvalue weighted by Crippen LogP contribution is -2.38. The van der Waals surface area contributed by atoms with Gasteiger partial charge in [0.25, 0.3) is 5.91 Å². The van der Waals surface area contributed by atoms with Crippen LogP contribution in [0.2, 0.25) is 0 Å². The molecule has 2 aliphatic heterocycles. The summed E-state index contributed by atoms with van der Waals surface area (Å²) in [4.78, 5) is 20.8. The lowest BCUT2D eigenvalue weighted by Gasteiger charge is -2.30. The van der Waals surface area contributed by atoms with Crippen LogP contribution in [-0.4, -0.2) is 55.3 Å². The second-order valence-electron chi connectivity index (χ2n) is 7.31. The lowest BCUT2D eigenvalue weighted by molar-refractivity contribution is 0.0742. The fourth-order valence-corrected chi connectivity index (χ4v) is 5.62. The molecule has 1 amide bonds. The standard InChI is InChI=1S/C20H23N3O3S/c1-22(18-9-11-27(25,26)14-18)20(24)19-7-6-17(12-21-19)23-10-8-15-4-2-3-5-16(15)13-23/h2-7,12,18H,8-11,13-14H2,1H3. The Bertz CT molecular complexity index is 957. The number of amides is 1. The maximum Gasteiger partial charge on any atom is 0.272 e. The average molecular weight is 385 g/mol. The van der Waals surface area contributed by atoms with Crippen LogP contribution in [0.15, 0.2) is 42.6 Å². The van der Waals surface area contributed by atoms with E-state index in [1.165, 1.54) is 16.0 Å². The number of benzene rings is 1. The molecule has 7 heteroatoms. The van der Waals surface area contributed by atoms with Gasteiger partial charge in [-0.2, -0.15) is 0 Å². The Morgan fingerprint density at radius 3 is 2.63 bits per heavy atom. The zero-order valence-corrected chi connectivity index (χ0v) is 16.2. The van der Waals surface area contributed by atoms with E-state index in [-0.39, 0.29) is 23.5 Å². The molecule has 4 rings (SSSR count). The molecule has 2 aromatic rings. The van der Waals surface area contributed by atoms with E-state index in [9.17, 15) is 13.2 Å². The Morgan fingerprint density at radius 2 is 1.96 bits per heavy atom. The van der Waals surface area contributed by atoms with Crippen molar-refractivity contribution >= 4 is 21.4 Å². The SMILES string of the molecule is CN(C(=O)c1ccc(N2CCc3ccccc3C2)cn1)C1CCS(=O)(=O)C1. The summed E-state index contributed by atoms with van der Waals surface area (Å²) in [7, 11) is -1.37. The highest BCUT2D eigenvalue weighted by Gasteiger charge is 2.33. The summed E-state index contributed by atoms with van der Waals surface area (Å²) in [6, 6.07) is 11.8. The van der Waals surface area contributed by atoms with E-state index in [4.69, 9.17) is 0 Å². The van der Waals surface area contributed by atoms with Crippen LogP contribution in [0.5, 0.6) is 0 Å². The largest absolute Gasteiger partial charge is 0.366 e. The predicted octanol–water partition coefficient (Wildman–Crippen LogP) is 1.90. The maximum absolute atomic E-state index is 12.6. The molecule has 1 atom stereocenters. The highest BCUT2D eigenvalue weighted by atomic mass is 32.2. The number of hydrogen-bond acceptors (Lipinski definition) is 5. The third-order valence-electron chi connectivity index (χ3n) is 5.54. The minimum absolute atomic E-state index is 0.0422. The van der Waals surface area contributed by atoms with Gasteiger partial charge in [0.2, 0.25) is 0 Å². The Kier molecular flexibility index (Phi) is 4.63. The van der Waals surface area contributed by atoms with Crippen LogP contribution in [0.4, 0.5) is 5.69 Å². The molecule has 6 nitrogen and oxygen atoms in total. The van der Waals surface area contributed by atoms with Crippen molar-refractivity contribution in [3.63, 3.8) is 0 Å². The van der Waals surface area contributed by atoms with Gasteiger partial charge in [0.1, 0.15) is 5.69 Å². The van der Waals surface area contributed by atoms with E-state index in [2.05, 4.69) is 34.1 Å². The van der Waals surface area contributed by atoms with E-state index in [0.29, 0.717) is 12.1 Å². The number of aromatic nitrogens is 1. The van der Waals surface area contributed by atoms with Crippen LogP contribution < -0.4 is 4.90 Å². The van der Waals surface area contributed by atoms with Crippen molar-refractivity contribution in [3.8, 4) is 0 Å². The van der Waals surface area contributed by atoms with E-state index in [0.717, 1.165) is 25.2 Å². The van der Waals surface area contributed by atoms with Crippen LogP contribution in [0.3, 0.4) is 0 Å². The molecule has 1 aromatic heterocycles. The molecule has 2 aliphatic rings. The summed E-state index contributed by atoms with van der Waals surface area (Å²) in [5.74, 6) is -0.0360. The van der Waals surface area contributed by atoms with Gasteiger partial charge < -0.3 is 9.80 Å². The number of anilines is 1. The van der Waals surface area contributed by atoms with E-state index >= 15 is 0 Å². The minimum Gasteiger partial charge on any atom is -0.366 e. The van der Waals surface area contributed by atoms with Gasteiger partial charge >= 0.3 is 0 Å². The van der Waals surface area contributed by atoms with E-state index in [1.54, 1.807) is 19.3 Å². The van der Waals surface area contributed by atoms with Crippen LogP contribution in [0.1, 0.15) is 28.0 Å². The monoisotopic (exact) mass is 385 g/mol. The van der Waals surface area contributed by atoms with Crippen molar-refractivity contribution in [2.24, 2.45) is 0 Å². The minimum atomic E-state index is -3.02.